The number of rotatable bonds is 5. The highest BCUT2D eigenvalue weighted by Gasteiger charge is 2.43. The van der Waals surface area contributed by atoms with Crippen LogP contribution in [0, 0.1) is 12.8 Å². The average Bonchev–Trinajstić information content (AvgIpc) is 2.98. The van der Waals surface area contributed by atoms with Crippen LogP contribution in [-0.4, -0.2) is 51.3 Å². The van der Waals surface area contributed by atoms with Crippen LogP contribution >= 0.6 is 0 Å². The monoisotopic (exact) mass is 302 g/mol. The van der Waals surface area contributed by atoms with Gasteiger partial charge in [-0.25, -0.2) is 13.4 Å². The molecule has 0 saturated heterocycles. The highest BCUT2D eigenvalue weighted by atomic mass is 32.2. The molecule has 1 heterocycles. The second-order valence-electron chi connectivity index (χ2n) is 5.05. The van der Waals surface area contributed by atoms with Gasteiger partial charge in [0.15, 0.2) is 5.82 Å². The number of carbonyl (C=O) groups is 1. The van der Waals surface area contributed by atoms with Crippen molar-refractivity contribution in [1.82, 2.24) is 19.5 Å². The van der Waals surface area contributed by atoms with Crippen molar-refractivity contribution in [2.45, 2.75) is 38.0 Å². The molecule has 0 bridgehead atoms. The minimum atomic E-state index is -3.66. The van der Waals surface area contributed by atoms with Gasteiger partial charge in [0.2, 0.25) is 10.0 Å². The Balaban J connectivity index is 2.15. The minimum absolute atomic E-state index is 0.0372. The van der Waals surface area contributed by atoms with Gasteiger partial charge in [0.25, 0.3) is 0 Å². The summed E-state index contributed by atoms with van der Waals surface area (Å²) in [7, 11) is -2.23. The fourth-order valence-electron chi connectivity index (χ4n) is 2.55. The first-order valence-corrected chi connectivity index (χ1v) is 7.88. The first kappa shape index (κ1) is 14.9. The molecule has 0 aliphatic heterocycles. The molecule has 1 saturated carbocycles. The van der Waals surface area contributed by atoms with E-state index >= 15 is 0 Å². The number of H-pyrrole nitrogens is 1. The van der Waals surface area contributed by atoms with Crippen LogP contribution in [0.1, 0.15) is 30.9 Å². The van der Waals surface area contributed by atoms with E-state index in [2.05, 4.69) is 15.2 Å². The van der Waals surface area contributed by atoms with Crippen LogP contribution < -0.4 is 0 Å². The van der Waals surface area contributed by atoms with E-state index in [-0.39, 0.29) is 6.54 Å². The number of hydrogen-bond donors (Lipinski definition) is 2. The van der Waals surface area contributed by atoms with Crippen LogP contribution in [0.4, 0.5) is 0 Å². The van der Waals surface area contributed by atoms with Gasteiger partial charge < -0.3 is 5.11 Å². The molecule has 2 unspecified atom stereocenters. The maximum atomic E-state index is 12.5. The number of hydrogen-bond acceptors (Lipinski definition) is 5. The summed E-state index contributed by atoms with van der Waals surface area (Å²) in [6, 6.07) is 0. The van der Waals surface area contributed by atoms with Gasteiger partial charge in [0.05, 0.1) is 17.7 Å². The molecular weight excluding hydrogens is 284 g/mol. The molecule has 8 nitrogen and oxygen atoms in total. The minimum Gasteiger partial charge on any atom is -0.481 e. The molecule has 0 spiro atoms. The maximum Gasteiger partial charge on any atom is 0.307 e. The molecule has 0 aromatic carbocycles. The molecule has 1 aromatic rings. The lowest BCUT2D eigenvalue weighted by Gasteiger charge is -2.23. The van der Waals surface area contributed by atoms with E-state index in [1.807, 2.05) is 0 Å². The summed E-state index contributed by atoms with van der Waals surface area (Å²) in [6.07, 6.45) is 1.41. The molecule has 1 aliphatic carbocycles. The summed E-state index contributed by atoms with van der Waals surface area (Å²) >= 11 is 0. The van der Waals surface area contributed by atoms with Crippen molar-refractivity contribution in [2.24, 2.45) is 5.92 Å². The van der Waals surface area contributed by atoms with Crippen molar-refractivity contribution in [3.8, 4) is 0 Å². The molecule has 0 radical (unpaired) electrons. The third-order valence-electron chi connectivity index (χ3n) is 3.59. The first-order chi connectivity index (χ1) is 9.32. The smallest absolute Gasteiger partial charge is 0.307 e. The quantitative estimate of drug-likeness (QED) is 0.798. The summed E-state index contributed by atoms with van der Waals surface area (Å²) in [5.74, 6) is -0.886. The third kappa shape index (κ3) is 2.83. The van der Waals surface area contributed by atoms with E-state index in [1.54, 1.807) is 6.92 Å². The number of nitrogens with one attached hydrogen (secondary N) is 1. The van der Waals surface area contributed by atoms with E-state index in [0.717, 1.165) is 4.31 Å². The molecular formula is C11H18N4O4S. The fraction of sp³-hybridized carbons (Fsp3) is 0.727. The number of aliphatic carboxylic acids is 1. The molecule has 20 heavy (non-hydrogen) atoms. The van der Waals surface area contributed by atoms with E-state index in [9.17, 15) is 13.2 Å². The van der Waals surface area contributed by atoms with Crippen molar-refractivity contribution in [3.05, 3.63) is 11.6 Å². The summed E-state index contributed by atoms with van der Waals surface area (Å²) in [6.45, 7) is 1.76. The van der Waals surface area contributed by atoms with Gasteiger partial charge in [-0.1, -0.05) is 6.42 Å². The van der Waals surface area contributed by atoms with E-state index < -0.39 is 27.2 Å². The van der Waals surface area contributed by atoms with Crippen LogP contribution in [0.2, 0.25) is 0 Å². The number of aryl methyl sites for hydroxylation is 1. The van der Waals surface area contributed by atoms with E-state index in [0.29, 0.717) is 30.9 Å². The zero-order valence-electron chi connectivity index (χ0n) is 11.4. The molecule has 1 aromatic heterocycles. The molecule has 2 N–H and O–H groups in total. The van der Waals surface area contributed by atoms with Gasteiger partial charge >= 0.3 is 5.97 Å². The molecule has 2 rings (SSSR count). The largest absolute Gasteiger partial charge is 0.481 e. The van der Waals surface area contributed by atoms with Crippen molar-refractivity contribution >= 4 is 16.0 Å². The normalized spacial score (nSPS) is 23.4. The Morgan fingerprint density at radius 3 is 2.75 bits per heavy atom. The first-order valence-electron chi connectivity index (χ1n) is 6.38. The lowest BCUT2D eigenvalue weighted by Crippen LogP contribution is -2.40. The molecule has 2 atom stereocenters. The van der Waals surface area contributed by atoms with Gasteiger partial charge in [-0.2, -0.15) is 9.40 Å². The van der Waals surface area contributed by atoms with E-state index in [1.165, 1.54) is 7.05 Å². The fourth-order valence-corrected chi connectivity index (χ4v) is 4.43. The molecule has 1 aliphatic rings. The number of nitrogens with zero attached hydrogens (tertiary/aromatic N) is 3. The Morgan fingerprint density at radius 1 is 1.50 bits per heavy atom. The number of aromatic nitrogens is 3. The number of aromatic amines is 1. The topological polar surface area (TPSA) is 116 Å². The van der Waals surface area contributed by atoms with Gasteiger partial charge in [0.1, 0.15) is 5.82 Å². The van der Waals surface area contributed by atoms with Gasteiger partial charge in [-0.05, 0) is 19.8 Å². The maximum absolute atomic E-state index is 12.5. The summed E-state index contributed by atoms with van der Waals surface area (Å²) < 4.78 is 26.1. The lowest BCUT2D eigenvalue weighted by molar-refractivity contribution is -0.141. The number of carboxylic acids is 1. The molecule has 0 amide bonds. The predicted molar refractivity (Wildman–Crippen MR) is 70.3 cm³/mol. The predicted octanol–water partition coefficient (Wildman–Crippen LogP) is 0.128. The highest BCUT2D eigenvalue weighted by molar-refractivity contribution is 7.89. The van der Waals surface area contributed by atoms with E-state index in [4.69, 9.17) is 5.11 Å². The van der Waals surface area contributed by atoms with Crippen LogP contribution in [0.15, 0.2) is 0 Å². The van der Waals surface area contributed by atoms with Crippen molar-refractivity contribution < 1.29 is 18.3 Å². The van der Waals surface area contributed by atoms with Gasteiger partial charge in [-0.15, -0.1) is 0 Å². The van der Waals surface area contributed by atoms with Crippen molar-refractivity contribution in [3.63, 3.8) is 0 Å². The van der Waals surface area contributed by atoms with Crippen molar-refractivity contribution in [1.29, 1.82) is 0 Å². The Labute approximate surface area is 117 Å². The van der Waals surface area contributed by atoms with Gasteiger partial charge in [-0.3, -0.25) is 9.89 Å². The standard InChI is InChI=1S/C11H18N4O4S/c1-7-12-10(14-13-7)6-15(2)20(18,19)9-5-3-4-8(9)11(16)17/h8-9H,3-6H2,1-2H3,(H,16,17)(H,12,13,14). The second-order valence-corrected chi connectivity index (χ2v) is 7.31. The molecule has 9 heteroatoms. The second kappa shape index (κ2) is 5.49. The zero-order chi connectivity index (χ0) is 14.9. The Bertz CT molecular complexity index is 597. The number of carboxylic acid groups (broad SMARTS) is 1. The van der Waals surface area contributed by atoms with Crippen LogP contribution in [0.3, 0.4) is 0 Å². The average molecular weight is 302 g/mol. The summed E-state index contributed by atoms with van der Waals surface area (Å²) in [5.41, 5.74) is 0. The van der Waals surface area contributed by atoms with Crippen LogP contribution in [-0.2, 0) is 21.4 Å². The zero-order valence-corrected chi connectivity index (χ0v) is 12.2. The molecule has 112 valence electrons. The third-order valence-corrected chi connectivity index (χ3v) is 5.92. The summed E-state index contributed by atoms with van der Waals surface area (Å²) in [5, 5.41) is 14.8. The lowest BCUT2D eigenvalue weighted by atomic mass is 10.1. The SMILES string of the molecule is Cc1nc(CN(C)S(=O)(=O)C2CCCC2C(=O)O)n[nH]1. The van der Waals surface area contributed by atoms with Crippen molar-refractivity contribution in [2.75, 3.05) is 7.05 Å². The molecule has 1 fully saturated rings. The Morgan fingerprint density at radius 2 is 2.20 bits per heavy atom. The highest BCUT2D eigenvalue weighted by Crippen LogP contribution is 2.33. The van der Waals surface area contributed by atoms with Gasteiger partial charge in [0, 0.05) is 7.05 Å². The number of sulfonamides is 1. The Kier molecular flexibility index (Phi) is 4.09. The van der Waals surface area contributed by atoms with Crippen LogP contribution in [0.5, 0.6) is 0 Å². The Hall–Kier alpha value is -1.48. The summed E-state index contributed by atoms with van der Waals surface area (Å²) in [4.78, 5) is 15.2. The van der Waals surface area contributed by atoms with Crippen LogP contribution in [0.25, 0.3) is 0 Å².